The SMILES string of the molecule is CC1CCN(C(=O)/C=C/c2ccccc2Cl)C1CO. The molecule has 3 nitrogen and oxygen atoms in total. The highest BCUT2D eigenvalue weighted by Gasteiger charge is 2.32. The fraction of sp³-hybridized carbons (Fsp3) is 0.400. The van der Waals surface area contributed by atoms with E-state index in [1.165, 1.54) is 6.08 Å². The van der Waals surface area contributed by atoms with Crippen molar-refractivity contribution in [2.45, 2.75) is 19.4 Å². The second-order valence-electron chi connectivity index (χ2n) is 4.90. The largest absolute Gasteiger partial charge is 0.394 e. The molecule has 1 aromatic carbocycles. The van der Waals surface area contributed by atoms with Gasteiger partial charge in [0.05, 0.1) is 12.6 Å². The molecule has 4 heteroatoms. The molecule has 2 rings (SSSR count). The van der Waals surface area contributed by atoms with Gasteiger partial charge >= 0.3 is 0 Å². The predicted molar refractivity (Wildman–Crippen MR) is 76.9 cm³/mol. The summed E-state index contributed by atoms with van der Waals surface area (Å²) in [6.07, 6.45) is 4.20. The minimum atomic E-state index is -0.0664. The molecule has 102 valence electrons. The van der Waals surface area contributed by atoms with Crippen LogP contribution >= 0.6 is 11.6 Å². The molecule has 1 aliphatic rings. The van der Waals surface area contributed by atoms with E-state index in [1.54, 1.807) is 17.0 Å². The van der Waals surface area contributed by atoms with E-state index >= 15 is 0 Å². The number of amides is 1. The molecule has 1 aliphatic heterocycles. The van der Waals surface area contributed by atoms with Gasteiger partial charge in [-0.25, -0.2) is 0 Å². The topological polar surface area (TPSA) is 40.5 Å². The van der Waals surface area contributed by atoms with Crippen molar-refractivity contribution >= 4 is 23.6 Å². The number of halogens is 1. The van der Waals surface area contributed by atoms with Gasteiger partial charge in [-0.05, 0) is 30.0 Å². The maximum atomic E-state index is 12.1. The third-order valence-electron chi connectivity index (χ3n) is 3.66. The number of aliphatic hydroxyl groups is 1. The molecule has 0 aliphatic carbocycles. The second-order valence-corrected chi connectivity index (χ2v) is 5.31. The van der Waals surface area contributed by atoms with E-state index < -0.39 is 0 Å². The van der Waals surface area contributed by atoms with Gasteiger partial charge in [0.25, 0.3) is 0 Å². The average molecular weight is 280 g/mol. The lowest BCUT2D eigenvalue weighted by Gasteiger charge is -2.23. The first-order valence-electron chi connectivity index (χ1n) is 6.47. The minimum Gasteiger partial charge on any atom is -0.394 e. The summed E-state index contributed by atoms with van der Waals surface area (Å²) in [5.74, 6) is 0.283. The number of rotatable bonds is 3. The molecular formula is C15H18ClNO2. The molecular weight excluding hydrogens is 262 g/mol. The number of aliphatic hydroxyl groups excluding tert-OH is 1. The van der Waals surface area contributed by atoms with Crippen LogP contribution in [-0.4, -0.2) is 35.1 Å². The summed E-state index contributed by atoms with van der Waals surface area (Å²) in [6, 6.07) is 7.32. The monoisotopic (exact) mass is 279 g/mol. The Morgan fingerprint density at radius 2 is 2.26 bits per heavy atom. The number of likely N-dealkylation sites (tertiary alicyclic amines) is 1. The van der Waals surface area contributed by atoms with Gasteiger partial charge in [0.1, 0.15) is 0 Å². The van der Waals surface area contributed by atoms with E-state index in [2.05, 4.69) is 6.92 Å². The summed E-state index contributed by atoms with van der Waals surface area (Å²) in [5, 5.41) is 9.97. The smallest absolute Gasteiger partial charge is 0.246 e. The lowest BCUT2D eigenvalue weighted by atomic mass is 10.0. The number of hydrogen-bond donors (Lipinski definition) is 1. The Morgan fingerprint density at radius 1 is 1.53 bits per heavy atom. The molecule has 1 fully saturated rings. The maximum Gasteiger partial charge on any atom is 0.246 e. The lowest BCUT2D eigenvalue weighted by Crippen LogP contribution is -2.38. The van der Waals surface area contributed by atoms with E-state index in [0.717, 1.165) is 12.0 Å². The summed E-state index contributed by atoms with van der Waals surface area (Å²) in [6.45, 7) is 2.79. The Labute approximate surface area is 118 Å². The van der Waals surface area contributed by atoms with E-state index in [-0.39, 0.29) is 18.6 Å². The molecule has 1 heterocycles. The summed E-state index contributed by atoms with van der Waals surface area (Å²) in [7, 11) is 0. The van der Waals surface area contributed by atoms with Crippen LogP contribution in [0.2, 0.25) is 5.02 Å². The Morgan fingerprint density at radius 3 is 2.95 bits per heavy atom. The van der Waals surface area contributed by atoms with Gasteiger partial charge in [-0.2, -0.15) is 0 Å². The zero-order valence-corrected chi connectivity index (χ0v) is 11.7. The molecule has 19 heavy (non-hydrogen) atoms. The molecule has 0 radical (unpaired) electrons. The molecule has 0 bridgehead atoms. The van der Waals surface area contributed by atoms with Crippen LogP contribution in [0.25, 0.3) is 6.08 Å². The van der Waals surface area contributed by atoms with Gasteiger partial charge in [-0.3, -0.25) is 4.79 Å². The highest BCUT2D eigenvalue weighted by molar-refractivity contribution is 6.32. The lowest BCUT2D eigenvalue weighted by molar-refractivity contribution is -0.127. The van der Waals surface area contributed by atoms with E-state index in [1.807, 2.05) is 18.2 Å². The standard InChI is InChI=1S/C15H18ClNO2/c1-11-8-9-17(14(11)10-18)15(19)7-6-12-4-2-3-5-13(12)16/h2-7,11,14,18H,8-10H2,1H3/b7-6+. The van der Waals surface area contributed by atoms with Crippen molar-refractivity contribution in [2.24, 2.45) is 5.92 Å². The van der Waals surface area contributed by atoms with Crippen molar-refractivity contribution in [3.8, 4) is 0 Å². The number of carbonyl (C=O) groups is 1. The zero-order valence-electron chi connectivity index (χ0n) is 10.9. The zero-order chi connectivity index (χ0) is 13.8. The van der Waals surface area contributed by atoms with Crippen molar-refractivity contribution in [3.63, 3.8) is 0 Å². The molecule has 2 atom stereocenters. The van der Waals surface area contributed by atoms with Crippen LogP contribution in [0.1, 0.15) is 18.9 Å². The van der Waals surface area contributed by atoms with Gasteiger partial charge in [0.2, 0.25) is 5.91 Å². The quantitative estimate of drug-likeness (QED) is 0.864. The molecule has 0 spiro atoms. The van der Waals surface area contributed by atoms with Crippen LogP contribution in [0.15, 0.2) is 30.3 Å². The van der Waals surface area contributed by atoms with E-state index in [4.69, 9.17) is 11.6 Å². The van der Waals surface area contributed by atoms with Crippen LogP contribution in [0, 0.1) is 5.92 Å². The Balaban J connectivity index is 2.07. The van der Waals surface area contributed by atoms with Crippen molar-refractivity contribution in [1.29, 1.82) is 0 Å². The number of nitrogens with zero attached hydrogens (tertiary/aromatic N) is 1. The van der Waals surface area contributed by atoms with Crippen LogP contribution in [0.3, 0.4) is 0 Å². The highest BCUT2D eigenvalue weighted by atomic mass is 35.5. The first-order valence-corrected chi connectivity index (χ1v) is 6.85. The molecule has 1 saturated heterocycles. The van der Waals surface area contributed by atoms with Gasteiger partial charge in [-0.1, -0.05) is 36.7 Å². The van der Waals surface area contributed by atoms with Crippen molar-refractivity contribution in [1.82, 2.24) is 4.90 Å². The van der Waals surface area contributed by atoms with Crippen LogP contribution in [0.4, 0.5) is 0 Å². The molecule has 0 aromatic heterocycles. The summed E-state index contributed by atoms with van der Waals surface area (Å²) in [5.41, 5.74) is 0.824. The van der Waals surface area contributed by atoms with Crippen molar-refractivity contribution in [3.05, 3.63) is 40.9 Å². The van der Waals surface area contributed by atoms with Gasteiger partial charge in [0.15, 0.2) is 0 Å². The number of hydrogen-bond acceptors (Lipinski definition) is 2. The number of carbonyl (C=O) groups excluding carboxylic acids is 1. The fourth-order valence-corrected chi connectivity index (χ4v) is 2.63. The molecule has 1 amide bonds. The Kier molecular flexibility index (Phi) is 4.61. The first-order chi connectivity index (χ1) is 9.13. The molecule has 2 unspecified atom stereocenters. The van der Waals surface area contributed by atoms with Crippen LogP contribution in [-0.2, 0) is 4.79 Å². The van der Waals surface area contributed by atoms with E-state index in [9.17, 15) is 9.90 Å². The molecule has 0 saturated carbocycles. The van der Waals surface area contributed by atoms with E-state index in [0.29, 0.717) is 17.5 Å². The van der Waals surface area contributed by atoms with Crippen molar-refractivity contribution < 1.29 is 9.90 Å². The number of benzene rings is 1. The van der Waals surface area contributed by atoms with Crippen LogP contribution in [0.5, 0.6) is 0 Å². The molecule has 1 aromatic rings. The minimum absolute atomic E-state index is 0.0207. The fourth-order valence-electron chi connectivity index (χ4n) is 2.43. The second kappa shape index (κ2) is 6.22. The third-order valence-corrected chi connectivity index (χ3v) is 4.01. The van der Waals surface area contributed by atoms with Crippen molar-refractivity contribution in [2.75, 3.05) is 13.2 Å². The first kappa shape index (κ1) is 14.1. The summed E-state index contributed by atoms with van der Waals surface area (Å²) in [4.78, 5) is 13.9. The Bertz CT molecular complexity index is 487. The van der Waals surface area contributed by atoms with Gasteiger partial charge in [0, 0.05) is 17.6 Å². The average Bonchev–Trinajstić information content (AvgIpc) is 2.78. The predicted octanol–water partition coefficient (Wildman–Crippen LogP) is 2.58. The summed E-state index contributed by atoms with van der Waals surface area (Å²) >= 11 is 6.03. The van der Waals surface area contributed by atoms with Crippen LogP contribution < -0.4 is 0 Å². The molecule has 1 N–H and O–H groups in total. The third kappa shape index (κ3) is 3.17. The highest BCUT2D eigenvalue weighted by Crippen LogP contribution is 2.24. The normalized spacial score (nSPS) is 23.2. The maximum absolute atomic E-state index is 12.1. The van der Waals surface area contributed by atoms with Gasteiger partial charge in [-0.15, -0.1) is 0 Å². The Hall–Kier alpha value is -1.32. The summed E-state index contributed by atoms with van der Waals surface area (Å²) < 4.78 is 0. The van der Waals surface area contributed by atoms with Gasteiger partial charge < -0.3 is 10.0 Å².